The Kier molecular flexibility index (Phi) is 5.37. The lowest BCUT2D eigenvalue weighted by atomic mass is 10.0. The van der Waals surface area contributed by atoms with Crippen LogP contribution in [-0.2, 0) is 0 Å². The monoisotopic (exact) mass is 568 g/mol. The molecule has 0 saturated carbocycles. The number of benzene rings is 6. The minimum atomic E-state index is 0.876. The van der Waals surface area contributed by atoms with Crippen molar-refractivity contribution in [2.45, 2.75) is 0 Å². The third-order valence-corrected chi connectivity index (χ3v) is 9.47. The molecular weight excluding hydrogens is 545 g/mol. The van der Waals surface area contributed by atoms with Crippen molar-refractivity contribution in [3.05, 3.63) is 146 Å². The number of thiophene rings is 1. The van der Waals surface area contributed by atoms with Crippen LogP contribution in [0.25, 0.3) is 64.0 Å². The van der Waals surface area contributed by atoms with Gasteiger partial charge in [0.1, 0.15) is 11.2 Å². The van der Waals surface area contributed by atoms with E-state index >= 15 is 0 Å². The van der Waals surface area contributed by atoms with Gasteiger partial charge in [-0.25, -0.2) is 0 Å². The van der Waals surface area contributed by atoms with Gasteiger partial charge in [-0.1, -0.05) is 60.7 Å². The number of pyridine rings is 1. The highest BCUT2D eigenvalue weighted by molar-refractivity contribution is 7.25. The molecule has 4 heteroatoms. The van der Waals surface area contributed by atoms with Crippen molar-refractivity contribution in [1.29, 1.82) is 0 Å². The van der Waals surface area contributed by atoms with Crippen LogP contribution in [0.4, 0.5) is 17.1 Å². The molecule has 0 unspecified atom stereocenters. The first kappa shape index (κ1) is 24.2. The number of fused-ring (bicyclic) bond motifs is 7. The maximum absolute atomic E-state index is 6.33. The first-order chi connectivity index (χ1) is 21.3. The number of furan rings is 1. The van der Waals surface area contributed by atoms with Crippen LogP contribution in [0.2, 0.25) is 0 Å². The van der Waals surface area contributed by atoms with E-state index in [0.29, 0.717) is 0 Å². The molecule has 202 valence electrons. The zero-order valence-corrected chi connectivity index (χ0v) is 23.9. The second-order valence-electron chi connectivity index (χ2n) is 10.9. The first-order valence-corrected chi connectivity index (χ1v) is 15.2. The molecule has 0 saturated heterocycles. The van der Waals surface area contributed by atoms with Crippen molar-refractivity contribution in [3.8, 4) is 11.1 Å². The molecule has 6 aromatic carbocycles. The van der Waals surface area contributed by atoms with Gasteiger partial charge in [-0.3, -0.25) is 4.98 Å². The topological polar surface area (TPSA) is 29.3 Å². The average molecular weight is 569 g/mol. The molecule has 0 aliphatic heterocycles. The van der Waals surface area contributed by atoms with Crippen LogP contribution in [0, 0.1) is 0 Å². The minimum Gasteiger partial charge on any atom is -0.456 e. The summed E-state index contributed by atoms with van der Waals surface area (Å²) in [5, 5.41) is 6.98. The lowest BCUT2D eigenvalue weighted by Crippen LogP contribution is -2.09. The van der Waals surface area contributed by atoms with Gasteiger partial charge in [-0.15, -0.1) is 11.3 Å². The largest absolute Gasteiger partial charge is 0.456 e. The fourth-order valence-corrected chi connectivity index (χ4v) is 7.31. The number of nitrogens with zero attached hydrogens (tertiary/aromatic N) is 2. The van der Waals surface area contributed by atoms with Crippen molar-refractivity contribution in [2.24, 2.45) is 0 Å². The van der Waals surface area contributed by atoms with E-state index in [1.807, 2.05) is 29.8 Å². The number of aromatic nitrogens is 1. The number of rotatable bonds is 4. The SMILES string of the molecule is c1ccc(-c2ccc(N(c3ccc4oc5cc6ccncc6cc5c4c3)c3ccc4sc5ccccc5c4c3)cc2)cc1. The van der Waals surface area contributed by atoms with Gasteiger partial charge in [0.05, 0.1) is 0 Å². The third kappa shape index (κ3) is 3.99. The highest BCUT2D eigenvalue weighted by Gasteiger charge is 2.17. The summed E-state index contributed by atoms with van der Waals surface area (Å²) in [6.45, 7) is 0. The van der Waals surface area contributed by atoms with E-state index in [2.05, 4.69) is 137 Å². The molecular formula is C39H24N2OS. The average Bonchev–Trinajstić information content (AvgIpc) is 3.62. The van der Waals surface area contributed by atoms with Crippen LogP contribution in [0.5, 0.6) is 0 Å². The summed E-state index contributed by atoms with van der Waals surface area (Å²) < 4.78 is 8.93. The van der Waals surface area contributed by atoms with Crippen LogP contribution < -0.4 is 4.90 Å². The molecule has 0 spiro atoms. The van der Waals surface area contributed by atoms with Gasteiger partial charge >= 0.3 is 0 Å². The normalized spacial score (nSPS) is 11.7. The van der Waals surface area contributed by atoms with Gasteiger partial charge in [0.25, 0.3) is 0 Å². The number of anilines is 3. The Bertz CT molecular complexity index is 2460. The smallest absolute Gasteiger partial charge is 0.136 e. The molecule has 9 rings (SSSR count). The maximum Gasteiger partial charge on any atom is 0.136 e. The summed E-state index contributed by atoms with van der Waals surface area (Å²) in [4.78, 5) is 6.69. The van der Waals surface area contributed by atoms with E-state index in [0.717, 1.165) is 49.8 Å². The zero-order valence-electron chi connectivity index (χ0n) is 23.1. The minimum absolute atomic E-state index is 0.876. The molecule has 0 radical (unpaired) electrons. The second kappa shape index (κ2) is 9.55. The van der Waals surface area contributed by atoms with Crippen molar-refractivity contribution in [1.82, 2.24) is 4.98 Å². The molecule has 0 aliphatic carbocycles. The Morgan fingerprint density at radius 2 is 1.19 bits per heavy atom. The van der Waals surface area contributed by atoms with Crippen LogP contribution in [0.3, 0.4) is 0 Å². The van der Waals surface area contributed by atoms with E-state index in [1.165, 1.54) is 31.3 Å². The fourth-order valence-electron chi connectivity index (χ4n) is 6.22. The standard InChI is InChI=1S/C39H24N2OS/c1-2-6-25(7-3-1)26-10-12-29(13-11-26)41(31-15-17-39-35(23-31)32-8-4-5-9-38(32)43-39)30-14-16-36-34(22-30)33-20-28-24-40-19-18-27(28)21-37(33)42-36/h1-24H. The summed E-state index contributed by atoms with van der Waals surface area (Å²) in [5.74, 6) is 0. The fraction of sp³-hybridized carbons (Fsp3) is 0. The third-order valence-electron chi connectivity index (χ3n) is 8.32. The van der Waals surface area contributed by atoms with Gasteiger partial charge < -0.3 is 9.32 Å². The van der Waals surface area contributed by atoms with Gasteiger partial charge in [0, 0.05) is 65.8 Å². The van der Waals surface area contributed by atoms with Crippen LogP contribution in [-0.4, -0.2) is 4.98 Å². The Hall–Kier alpha value is -5.45. The van der Waals surface area contributed by atoms with E-state index in [9.17, 15) is 0 Å². The summed E-state index contributed by atoms with van der Waals surface area (Å²) in [5.41, 5.74) is 7.45. The molecule has 3 heterocycles. The van der Waals surface area contributed by atoms with Gasteiger partial charge in [-0.05, 0) is 89.3 Å². The van der Waals surface area contributed by atoms with E-state index in [-0.39, 0.29) is 0 Å². The Balaban J connectivity index is 1.25. The lowest BCUT2D eigenvalue weighted by molar-refractivity contribution is 0.669. The summed E-state index contributed by atoms with van der Waals surface area (Å²) in [6, 6.07) is 47.7. The number of hydrogen-bond acceptors (Lipinski definition) is 4. The van der Waals surface area contributed by atoms with Gasteiger partial charge in [-0.2, -0.15) is 0 Å². The summed E-state index contributed by atoms with van der Waals surface area (Å²) in [6.07, 6.45) is 3.74. The molecule has 0 aliphatic rings. The van der Waals surface area contributed by atoms with Crippen molar-refractivity contribution in [2.75, 3.05) is 4.90 Å². The van der Waals surface area contributed by atoms with Crippen LogP contribution >= 0.6 is 11.3 Å². The van der Waals surface area contributed by atoms with Crippen LogP contribution in [0.15, 0.2) is 150 Å². The van der Waals surface area contributed by atoms with Gasteiger partial charge in [0.2, 0.25) is 0 Å². The molecule has 3 nitrogen and oxygen atoms in total. The Labute approximate surface area is 251 Å². The summed E-state index contributed by atoms with van der Waals surface area (Å²) in [7, 11) is 0. The highest BCUT2D eigenvalue weighted by atomic mass is 32.1. The molecule has 3 aromatic heterocycles. The Morgan fingerprint density at radius 1 is 0.488 bits per heavy atom. The van der Waals surface area contributed by atoms with Crippen molar-refractivity contribution in [3.63, 3.8) is 0 Å². The molecule has 0 fully saturated rings. The second-order valence-corrected chi connectivity index (χ2v) is 12.0. The lowest BCUT2D eigenvalue weighted by Gasteiger charge is -2.26. The summed E-state index contributed by atoms with van der Waals surface area (Å²) >= 11 is 1.84. The Morgan fingerprint density at radius 3 is 2.07 bits per heavy atom. The van der Waals surface area contributed by atoms with Gasteiger partial charge in [0.15, 0.2) is 0 Å². The van der Waals surface area contributed by atoms with E-state index < -0.39 is 0 Å². The maximum atomic E-state index is 6.33. The molecule has 0 N–H and O–H groups in total. The van der Waals surface area contributed by atoms with Crippen LogP contribution in [0.1, 0.15) is 0 Å². The molecule has 9 aromatic rings. The highest BCUT2D eigenvalue weighted by Crippen LogP contribution is 2.43. The first-order valence-electron chi connectivity index (χ1n) is 14.4. The quantitative estimate of drug-likeness (QED) is 0.211. The van der Waals surface area contributed by atoms with Crippen molar-refractivity contribution >= 4 is 81.3 Å². The molecule has 43 heavy (non-hydrogen) atoms. The predicted octanol–water partition coefficient (Wildman–Crippen LogP) is 11.6. The van der Waals surface area contributed by atoms with Crippen molar-refractivity contribution < 1.29 is 4.42 Å². The number of hydrogen-bond donors (Lipinski definition) is 0. The molecule has 0 atom stereocenters. The molecule has 0 amide bonds. The molecule has 0 bridgehead atoms. The predicted molar refractivity (Wildman–Crippen MR) is 182 cm³/mol. The zero-order chi connectivity index (χ0) is 28.3. The van der Waals surface area contributed by atoms with E-state index in [4.69, 9.17) is 4.42 Å². The van der Waals surface area contributed by atoms with E-state index in [1.54, 1.807) is 0 Å².